The molecule has 360 valence electrons. The number of likely N-dealkylation sites (tertiary alicyclic amines) is 1. The highest BCUT2D eigenvalue weighted by atomic mass is 32.1. The van der Waals surface area contributed by atoms with E-state index in [1.54, 1.807) is 39.3 Å². The third-order valence-electron chi connectivity index (χ3n) is 14.7. The topological polar surface area (TPSA) is 193 Å². The van der Waals surface area contributed by atoms with Crippen LogP contribution in [0.25, 0.3) is 10.8 Å². The summed E-state index contributed by atoms with van der Waals surface area (Å²) in [6.07, 6.45) is 8.91. The van der Waals surface area contributed by atoms with Crippen LogP contribution in [0, 0.1) is 18.2 Å². The molecule has 5 aromatic rings. The maximum absolute atomic E-state index is 15.0. The zero-order chi connectivity index (χ0) is 46.8. The Morgan fingerprint density at radius 2 is 1.68 bits per heavy atom. The maximum atomic E-state index is 15.0. The van der Waals surface area contributed by atoms with Gasteiger partial charge in [0, 0.05) is 74.3 Å². The van der Waals surface area contributed by atoms with E-state index in [1.165, 1.54) is 36.3 Å². The standard InChI is InChI=1S/C49H60FN11O6S/c1-32-43(53-41(68-32)29-60-16-7-10-39(60)44-56-55-40-11-3-2-6-17-61(40)44)48-30-49(48,31-48)47(65)52-15-23-67-25-24-66-22-14-51-28-42(62)58-18-20-59(21-19-58)46(64)36-26-33(12-13-37(36)50)27-38-34-8-4-5-9-35(34)45(63)57-54-38/h4-5,8-9,12-13,26,39,51H,2-3,6-7,10-11,14-25,27-31H2,1H3,(H,52,65)(H,57,63). The van der Waals surface area contributed by atoms with E-state index in [0.717, 1.165) is 74.1 Å². The average molecular weight is 950 g/mol. The number of benzene rings is 2. The number of ether oxygens (including phenoxy) is 2. The number of carbonyl (C=O) groups is 3. The zero-order valence-electron chi connectivity index (χ0n) is 38.7. The fraction of sp³-hybridized carbons (Fsp3) is 0.551. The number of hydrogen-bond donors (Lipinski definition) is 3. The lowest BCUT2D eigenvalue weighted by molar-refractivity contribution is -0.131. The van der Waals surface area contributed by atoms with E-state index in [0.29, 0.717) is 81.1 Å². The average Bonchev–Trinajstić information content (AvgIpc) is 3.97. The number of thiazole rings is 1. The fourth-order valence-electron chi connectivity index (χ4n) is 10.7. The third-order valence-corrected chi connectivity index (χ3v) is 15.6. The predicted molar refractivity (Wildman–Crippen MR) is 252 cm³/mol. The lowest BCUT2D eigenvalue weighted by Crippen LogP contribution is -2.52. The Kier molecular flexibility index (Phi) is 13.5. The molecule has 2 aliphatic carbocycles. The third kappa shape index (κ3) is 9.34. The molecule has 0 radical (unpaired) electrons. The first kappa shape index (κ1) is 46.3. The maximum Gasteiger partial charge on any atom is 0.272 e. The van der Waals surface area contributed by atoms with Crippen LogP contribution in [-0.2, 0) is 50.4 Å². The molecule has 0 spiro atoms. The van der Waals surface area contributed by atoms with E-state index in [9.17, 15) is 23.6 Å². The number of rotatable bonds is 19. The number of nitrogens with zero attached hydrogens (tertiary/aromatic N) is 8. The summed E-state index contributed by atoms with van der Waals surface area (Å²) >= 11 is 1.77. The largest absolute Gasteiger partial charge is 0.378 e. The van der Waals surface area contributed by atoms with Gasteiger partial charge in [0.05, 0.1) is 73.3 Å². The summed E-state index contributed by atoms with van der Waals surface area (Å²) in [6.45, 7) is 8.90. The number of carbonyl (C=O) groups excluding carboxylic acids is 3. The quantitative estimate of drug-likeness (QED) is 0.102. The molecule has 1 atom stereocenters. The van der Waals surface area contributed by atoms with Gasteiger partial charge in [0.25, 0.3) is 11.5 Å². The van der Waals surface area contributed by atoms with E-state index >= 15 is 0 Å². The van der Waals surface area contributed by atoms with Crippen LogP contribution in [0.5, 0.6) is 0 Å². The van der Waals surface area contributed by atoms with E-state index in [1.807, 2.05) is 12.1 Å². The molecule has 10 rings (SSSR count). The first-order valence-corrected chi connectivity index (χ1v) is 25.0. The summed E-state index contributed by atoms with van der Waals surface area (Å²) in [6, 6.07) is 11.9. The summed E-state index contributed by atoms with van der Waals surface area (Å²) < 4.78 is 28.7. The van der Waals surface area contributed by atoms with Gasteiger partial charge in [-0.05, 0) is 75.8 Å². The van der Waals surface area contributed by atoms with Crippen LogP contribution in [-0.4, -0.2) is 141 Å². The van der Waals surface area contributed by atoms with Crippen molar-refractivity contribution < 1.29 is 28.2 Å². The molecule has 1 unspecified atom stereocenters. The number of aromatic nitrogens is 6. The first-order valence-electron chi connectivity index (χ1n) is 24.2. The molecule has 2 saturated heterocycles. The van der Waals surface area contributed by atoms with Crippen molar-refractivity contribution in [2.24, 2.45) is 5.41 Å². The second kappa shape index (κ2) is 19.9. The van der Waals surface area contributed by atoms with Gasteiger partial charge in [0.1, 0.15) is 22.5 Å². The van der Waals surface area contributed by atoms with Crippen molar-refractivity contribution in [3.05, 3.63) is 103 Å². The SMILES string of the molecule is Cc1sc(CN2CCCC2c2nnc3n2CCCCC3)nc1C12CC1(C(=O)NCCOCCOCCNCC(=O)N1CCN(C(=O)c3cc(Cc4n[nH]c(=O)c5ccccc45)ccc3F)CC1)C2. The molecular formula is C49H60FN11O6S. The Hall–Kier alpha value is -5.47. The van der Waals surface area contributed by atoms with Gasteiger partial charge in [-0.2, -0.15) is 5.10 Å². The summed E-state index contributed by atoms with van der Waals surface area (Å²) in [5.41, 5.74) is 1.65. The monoisotopic (exact) mass is 949 g/mol. The van der Waals surface area contributed by atoms with Gasteiger partial charge in [-0.3, -0.25) is 24.1 Å². The molecule has 3 N–H and O–H groups in total. The van der Waals surface area contributed by atoms with E-state index < -0.39 is 11.7 Å². The summed E-state index contributed by atoms with van der Waals surface area (Å²) in [7, 11) is 0. The van der Waals surface area contributed by atoms with Crippen molar-refractivity contribution in [2.45, 2.75) is 89.3 Å². The first-order chi connectivity index (χ1) is 33.1. The van der Waals surface area contributed by atoms with Crippen LogP contribution >= 0.6 is 11.3 Å². The highest BCUT2D eigenvalue weighted by Crippen LogP contribution is 2.86. The fourth-order valence-corrected chi connectivity index (χ4v) is 11.8. The molecule has 17 nitrogen and oxygen atoms in total. The number of H-pyrrole nitrogens is 1. The normalized spacial score (nSPS) is 22.2. The van der Waals surface area contributed by atoms with Crippen molar-refractivity contribution >= 4 is 39.8 Å². The van der Waals surface area contributed by atoms with Crippen LogP contribution in [0.4, 0.5) is 4.39 Å². The van der Waals surface area contributed by atoms with Crippen molar-refractivity contribution in [3.63, 3.8) is 0 Å². The van der Waals surface area contributed by atoms with Crippen LogP contribution in [0.2, 0.25) is 0 Å². The molecule has 2 aromatic carbocycles. The van der Waals surface area contributed by atoms with Gasteiger partial charge in [0.15, 0.2) is 0 Å². The highest BCUT2D eigenvalue weighted by molar-refractivity contribution is 7.11. The van der Waals surface area contributed by atoms with Gasteiger partial charge in [-0.25, -0.2) is 14.5 Å². The molecule has 19 heteroatoms. The number of halogens is 1. The molecule has 4 fully saturated rings. The Morgan fingerprint density at radius 1 is 0.897 bits per heavy atom. The molecule has 68 heavy (non-hydrogen) atoms. The lowest BCUT2D eigenvalue weighted by atomic mass is 10.0. The molecular weight excluding hydrogens is 890 g/mol. The molecule has 6 heterocycles. The lowest BCUT2D eigenvalue weighted by Gasteiger charge is -2.35. The number of aromatic amines is 1. The van der Waals surface area contributed by atoms with Crippen LogP contribution in [0.15, 0.2) is 47.3 Å². The smallest absolute Gasteiger partial charge is 0.272 e. The second-order valence-electron chi connectivity index (χ2n) is 19.0. The number of fused-ring (bicyclic) bond motifs is 3. The van der Waals surface area contributed by atoms with Gasteiger partial charge >= 0.3 is 0 Å². The minimum atomic E-state index is -0.618. The Balaban J connectivity index is 0.580. The van der Waals surface area contributed by atoms with Crippen LogP contribution < -0.4 is 16.2 Å². The van der Waals surface area contributed by atoms with Gasteiger partial charge in [-0.1, -0.05) is 30.7 Å². The number of amides is 3. The van der Waals surface area contributed by atoms with Crippen molar-refractivity contribution in [1.29, 1.82) is 0 Å². The number of aryl methyl sites for hydroxylation is 2. The van der Waals surface area contributed by atoms with Crippen LogP contribution in [0.1, 0.15) is 99.8 Å². The minimum Gasteiger partial charge on any atom is -0.378 e. The number of hydrogen-bond acceptors (Lipinski definition) is 13. The molecule has 5 aliphatic rings. The highest BCUT2D eigenvalue weighted by Gasteiger charge is 2.88. The zero-order valence-corrected chi connectivity index (χ0v) is 39.5. The molecule has 3 aliphatic heterocycles. The van der Waals surface area contributed by atoms with E-state index in [2.05, 4.69) is 47.4 Å². The predicted octanol–water partition coefficient (Wildman–Crippen LogP) is 3.83. The van der Waals surface area contributed by atoms with Gasteiger partial charge in [0.2, 0.25) is 11.8 Å². The van der Waals surface area contributed by atoms with E-state index in [4.69, 9.17) is 14.5 Å². The van der Waals surface area contributed by atoms with Crippen molar-refractivity contribution in [1.82, 2.24) is 55.3 Å². The Labute approximate surface area is 398 Å². The molecule has 3 aromatic heterocycles. The minimum absolute atomic E-state index is 0.0378. The summed E-state index contributed by atoms with van der Waals surface area (Å²) in [5.74, 6) is 1.23. The van der Waals surface area contributed by atoms with Gasteiger partial charge < -0.3 is 34.5 Å². The summed E-state index contributed by atoms with van der Waals surface area (Å²) in [4.78, 5) is 64.1. The summed E-state index contributed by atoms with van der Waals surface area (Å²) in [5, 5.41) is 24.5. The number of nitrogens with one attached hydrogen (secondary N) is 3. The molecule has 3 amide bonds. The van der Waals surface area contributed by atoms with E-state index in [-0.39, 0.29) is 59.4 Å². The Morgan fingerprint density at radius 3 is 2.50 bits per heavy atom. The van der Waals surface area contributed by atoms with Crippen molar-refractivity contribution in [3.8, 4) is 0 Å². The molecule has 0 bridgehead atoms. The van der Waals surface area contributed by atoms with Crippen LogP contribution in [0.3, 0.4) is 0 Å². The Bertz CT molecular complexity index is 2730. The van der Waals surface area contributed by atoms with Gasteiger partial charge in [-0.15, -0.1) is 21.5 Å². The van der Waals surface area contributed by atoms with Crippen molar-refractivity contribution in [2.75, 3.05) is 78.8 Å². The number of piperazine rings is 1. The molecule has 2 saturated carbocycles. The second-order valence-corrected chi connectivity index (χ2v) is 20.2.